The molecular weight excluding hydrogens is 380 g/mol. The lowest BCUT2D eigenvalue weighted by molar-refractivity contribution is 0.0501. The van der Waals surface area contributed by atoms with Gasteiger partial charge in [-0.2, -0.15) is 0 Å². The van der Waals surface area contributed by atoms with Gasteiger partial charge in [-0.25, -0.2) is 4.79 Å². The number of aromatic nitrogens is 1. The lowest BCUT2D eigenvalue weighted by Gasteiger charge is -2.25. The third-order valence-corrected chi connectivity index (χ3v) is 4.97. The van der Waals surface area contributed by atoms with Gasteiger partial charge in [0.2, 0.25) is 0 Å². The van der Waals surface area contributed by atoms with Crippen LogP contribution in [0.25, 0.3) is 11.0 Å². The maximum absolute atomic E-state index is 13.2. The first-order valence-electron chi connectivity index (χ1n) is 9.14. The summed E-state index contributed by atoms with van der Waals surface area (Å²) in [6.45, 7) is 1.36. The van der Waals surface area contributed by atoms with E-state index in [1.54, 1.807) is 29.3 Å². The monoisotopic (exact) mass is 398 g/mol. The fraction of sp³-hybridized carbons (Fsp3) is 0.286. The molecule has 0 radical (unpaired) electrons. The molecule has 1 amide bonds. The molecule has 0 aliphatic carbocycles. The van der Waals surface area contributed by atoms with E-state index in [4.69, 9.17) is 20.8 Å². The maximum atomic E-state index is 13.2. The molecule has 0 saturated carbocycles. The number of benzene rings is 1. The first-order valence-corrected chi connectivity index (χ1v) is 9.52. The highest BCUT2D eigenvalue weighted by molar-refractivity contribution is 6.31. The third-order valence-electron chi connectivity index (χ3n) is 4.74. The number of carbonyl (C=O) groups is 1. The molecule has 1 saturated heterocycles. The summed E-state index contributed by atoms with van der Waals surface area (Å²) in [7, 11) is 0. The molecule has 1 aromatic carbocycles. The number of hydrogen-bond donors (Lipinski definition) is 0. The van der Waals surface area contributed by atoms with Crippen molar-refractivity contribution in [3.05, 3.63) is 75.4 Å². The Kier molecular flexibility index (Phi) is 5.41. The van der Waals surface area contributed by atoms with Crippen molar-refractivity contribution in [2.24, 2.45) is 0 Å². The van der Waals surface area contributed by atoms with Crippen molar-refractivity contribution in [2.45, 2.75) is 25.5 Å². The van der Waals surface area contributed by atoms with Crippen LogP contribution in [-0.2, 0) is 11.3 Å². The molecule has 6 nitrogen and oxygen atoms in total. The number of ether oxygens (including phenoxy) is 1. The summed E-state index contributed by atoms with van der Waals surface area (Å²) < 4.78 is 11.0. The molecule has 3 aromatic rings. The van der Waals surface area contributed by atoms with E-state index in [-0.39, 0.29) is 18.2 Å². The second kappa shape index (κ2) is 8.12. The van der Waals surface area contributed by atoms with Gasteiger partial charge in [-0.05, 0) is 49.2 Å². The van der Waals surface area contributed by atoms with Gasteiger partial charge in [0.25, 0.3) is 5.91 Å². The highest BCUT2D eigenvalue weighted by atomic mass is 35.5. The molecule has 4 rings (SSSR count). The van der Waals surface area contributed by atoms with Gasteiger partial charge in [-0.3, -0.25) is 9.78 Å². The molecule has 28 heavy (non-hydrogen) atoms. The first-order chi connectivity index (χ1) is 13.6. The summed E-state index contributed by atoms with van der Waals surface area (Å²) in [6, 6.07) is 12.0. The van der Waals surface area contributed by atoms with Crippen LogP contribution < -0.4 is 5.63 Å². The maximum Gasteiger partial charge on any atom is 0.349 e. The Labute approximate surface area is 166 Å². The Bertz CT molecular complexity index is 1050. The largest absolute Gasteiger partial charge is 0.422 e. The van der Waals surface area contributed by atoms with Crippen LogP contribution in [0, 0.1) is 0 Å². The molecule has 1 atom stereocenters. The average molecular weight is 399 g/mol. The van der Waals surface area contributed by atoms with Gasteiger partial charge < -0.3 is 14.1 Å². The Balaban J connectivity index is 1.68. The highest BCUT2D eigenvalue weighted by Gasteiger charge is 2.26. The van der Waals surface area contributed by atoms with Gasteiger partial charge in [0, 0.05) is 29.8 Å². The van der Waals surface area contributed by atoms with Gasteiger partial charge in [0.05, 0.1) is 18.3 Å². The number of carbonyl (C=O) groups excluding carboxylic acids is 1. The predicted molar refractivity (Wildman–Crippen MR) is 105 cm³/mol. The van der Waals surface area contributed by atoms with Crippen molar-refractivity contribution in [1.29, 1.82) is 0 Å². The molecule has 7 heteroatoms. The number of halogens is 1. The number of fused-ring (bicyclic) bond motifs is 1. The van der Waals surface area contributed by atoms with Crippen LogP contribution in [-0.4, -0.2) is 35.0 Å². The molecule has 0 N–H and O–H groups in total. The van der Waals surface area contributed by atoms with E-state index in [0.29, 0.717) is 29.1 Å². The second-order valence-electron chi connectivity index (χ2n) is 6.77. The molecular formula is C21H19ClN2O4. The van der Waals surface area contributed by atoms with Crippen molar-refractivity contribution < 1.29 is 13.9 Å². The standard InChI is InChI=1S/C21H19ClN2O4/c22-15-6-7-19-14(10-15)11-18(21(26)28-19)20(25)24(13-17-5-3-9-27-17)12-16-4-1-2-8-23-16/h1-2,4,6-8,10-11,17H,3,5,9,12-13H2. The van der Waals surface area contributed by atoms with Crippen LogP contribution in [0.2, 0.25) is 5.02 Å². The van der Waals surface area contributed by atoms with Gasteiger partial charge in [-0.1, -0.05) is 17.7 Å². The third kappa shape index (κ3) is 4.08. The summed E-state index contributed by atoms with van der Waals surface area (Å²) in [5.41, 5.74) is 0.435. The SMILES string of the molecule is O=C(c1cc2cc(Cl)ccc2oc1=O)N(Cc1ccccn1)CC1CCCO1. The minimum atomic E-state index is -0.668. The Morgan fingerprint density at radius 2 is 2.14 bits per heavy atom. The number of amides is 1. The Hall–Kier alpha value is -2.70. The quantitative estimate of drug-likeness (QED) is 0.613. The van der Waals surface area contributed by atoms with E-state index in [9.17, 15) is 9.59 Å². The van der Waals surface area contributed by atoms with Gasteiger partial charge in [-0.15, -0.1) is 0 Å². The van der Waals surface area contributed by atoms with E-state index >= 15 is 0 Å². The fourth-order valence-electron chi connectivity index (χ4n) is 3.35. The summed E-state index contributed by atoms with van der Waals surface area (Å²) in [5.74, 6) is -0.406. The molecule has 0 bridgehead atoms. The zero-order valence-corrected chi connectivity index (χ0v) is 15.9. The van der Waals surface area contributed by atoms with Crippen molar-refractivity contribution >= 4 is 28.5 Å². The number of rotatable bonds is 5. The summed E-state index contributed by atoms with van der Waals surface area (Å²) in [6.07, 6.45) is 3.48. The minimum Gasteiger partial charge on any atom is -0.422 e. The summed E-state index contributed by atoms with van der Waals surface area (Å²) >= 11 is 6.03. The Morgan fingerprint density at radius 1 is 1.25 bits per heavy atom. The Morgan fingerprint density at radius 3 is 2.89 bits per heavy atom. The van der Waals surface area contributed by atoms with Crippen LogP contribution in [0.15, 0.2) is 57.9 Å². The zero-order valence-electron chi connectivity index (χ0n) is 15.1. The van der Waals surface area contributed by atoms with Crippen LogP contribution in [0.5, 0.6) is 0 Å². The summed E-state index contributed by atoms with van der Waals surface area (Å²) in [4.78, 5) is 31.6. The van der Waals surface area contributed by atoms with E-state index in [1.807, 2.05) is 18.2 Å². The highest BCUT2D eigenvalue weighted by Crippen LogP contribution is 2.21. The minimum absolute atomic E-state index is 0.0244. The van der Waals surface area contributed by atoms with Gasteiger partial charge >= 0.3 is 5.63 Å². The van der Waals surface area contributed by atoms with Crippen LogP contribution in [0.3, 0.4) is 0 Å². The lowest BCUT2D eigenvalue weighted by atomic mass is 10.1. The second-order valence-corrected chi connectivity index (χ2v) is 7.21. The number of pyridine rings is 1. The van der Waals surface area contributed by atoms with Gasteiger partial charge in [0.15, 0.2) is 0 Å². The summed E-state index contributed by atoms with van der Waals surface area (Å²) in [5, 5.41) is 1.11. The van der Waals surface area contributed by atoms with E-state index < -0.39 is 11.5 Å². The van der Waals surface area contributed by atoms with Crippen LogP contribution >= 0.6 is 11.6 Å². The topological polar surface area (TPSA) is 72.6 Å². The predicted octanol–water partition coefficient (Wildman–Crippen LogP) is 3.66. The zero-order chi connectivity index (χ0) is 19.5. The number of hydrogen-bond acceptors (Lipinski definition) is 5. The molecule has 0 spiro atoms. The first kappa shape index (κ1) is 18.7. The van der Waals surface area contributed by atoms with Crippen LogP contribution in [0.1, 0.15) is 28.9 Å². The molecule has 144 valence electrons. The van der Waals surface area contributed by atoms with Crippen molar-refractivity contribution in [1.82, 2.24) is 9.88 Å². The molecule has 1 unspecified atom stereocenters. The molecule has 1 aliphatic rings. The normalized spacial score (nSPS) is 16.4. The van der Waals surface area contributed by atoms with Crippen LogP contribution in [0.4, 0.5) is 0 Å². The lowest BCUT2D eigenvalue weighted by Crippen LogP contribution is -2.39. The van der Waals surface area contributed by atoms with E-state index in [2.05, 4.69) is 4.98 Å². The van der Waals surface area contributed by atoms with E-state index in [0.717, 1.165) is 18.5 Å². The van der Waals surface area contributed by atoms with Crippen molar-refractivity contribution in [2.75, 3.05) is 13.2 Å². The average Bonchev–Trinajstić information content (AvgIpc) is 3.21. The smallest absolute Gasteiger partial charge is 0.349 e. The molecule has 1 fully saturated rings. The van der Waals surface area contributed by atoms with Gasteiger partial charge in [0.1, 0.15) is 11.1 Å². The molecule has 3 heterocycles. The molecule has 2 aromatic heterocycles. The van der Waals surface area contributed by atoms with Crippen molar-refractivity contribution in [3.63, 3.8) is 0 Å². The van der Waals surface area contributed by atoms with Crippen molar-refractivity contribution in [3.8, 4) is 0 Å². The molecule has 1 aliphatic heterocycles. The number of nitrogens with zero attached hydrogens (tertiary/aromatic N) is 2. The fourth-order valence-corrected chi connectivity index (χ4v) is 3.53. The van der Waals surface area contributed by atoms with E-state index in [1.165, 1.54) is 6.07 Å².